The summed E-state index contributed by atoms with van der Waals surface area (Å²) in [6.07, 6.45) is 5.82. The number of furan rings is 1. The third kappa shape index (κ3) is 5.10. The number of carbonyl (C=O) groups is 2. The van der Waals surface area contributed by atoms with Gasteiger partial charge in [-0.2, -0.15) is 0 Å². The van der Waals surface area contributed by atoms with Gasteiger partial charge < -0.3 is 24.4 Å². The number of hydrogen-bond donors (Lipinski definition) is 1. The first kappa shape index (κ1) is 19.9. The average molecular weight is 385 g/mol. The molecule has 1 saturated heterocycles. The number of amides is 2. The van der Waals surface area contributed by atoms with Crippen LogP contribution < -0.4 is 5.32 Å². The van der Waals surface area contributed by atoms with Crippen molar-refractivity contribution in [3.8, 4) is 0 Å². The number of nitrogens with zero attached hydrogens (tertiary/aromatic N) is 4. The number of hydrogen-bond acceptors (Lipinski definition) is 6. The molecule has 1 aliphatic rings. The Hall–Kier alpha value is -2.87. The minimum absolute atomic E-state index is 0.0606. The fourth-order valence-corrected chi connectivity index (χ4v) is 3.13. The summed E-state index contributed by atoms with van der Waals surface area (Å²) in [5.41, 5.74) is 1.40. The first-order valence-electron chi connectivity index (χ1n) is 9.50. The molecule has 0 radical (unpaired) electrons. The summed E-state index contributed by atoms with van der Waals surface area (Å²) in [7, 11) is 4.09. The fraction of sp³-hybridized carbons (Fsp3) is 0.450. The average Bonchev–Trinajstić information content (AvgIpc) is 3.25. The van der Waals surface area contributed by atoms with Crippen molar-refractivity contribution in [3.63, 3.8) is 0 Å². The molecule has 0 atom stereocenters. The molecule has 2 amide bonds. The lowest BCUT2D eigenvalue weighted by Crippen LogP contribution is -2.50. The predicted octanol–water partition coefficient (Wildman–Crippen LogP) is 1.64. The molecular formula is C20H27N5O3. The molecule has 0 spiro atoms. The zero-order valence-electron chi connectivity index (χ0n) is 16.4. The molecule has 0 saturated carbocycles. The molecular weight excluding hydrogens is 358 g/mol. The molecule has 0 aromatic carbocycles. The highest BCUT2D eigenvalue weighted by Crippen LogP contribution is 2.14. The second-order valence-electron chi connectivity index (χ2n) is 7.11. The van der Waals surface area contributed by atoms with Gasteiger partial charge in [0.15, 0.2) is 5.76 Å². The molecule has 3 rings (SSSR count). The van der Waals surface area contributed by atoms with Gasteiger partial charge in [0, 0.05) is 45.1 Å². The number of pyridine rings is 1. The van der Waals surface area contributed by atoms with Crippen molar-refractivity contribution in [2.75, 3.05) is 58.7 Å². The van der Waals surface area contributed by atoms with Crippen LogP contribution in [-0.2, 0) is 0 Å². The van der Waals surface area contributed by atoms with E-state index in [1.807, 2.05) is 20.2 Å². The van der Waals surface area contributed by atoms with Gasteiger partial charge in [-0.25, -0.2) is 0 Å². The molecule has 1 aliphatic heterocycles. The summed E-state index contributed by atoms with van der Waals surface area (Å²) in [6, 6.07) is 5.19. The van der Waals surface area contributed by atoms with Crippen LogP contribution in [0.1, 0.15) is 27.3 Å². The van der Waals surface area contributed by atoms with E-state index in [1.54, 1.807) is 34.3 Å². The zero-order chi connectivity index (χ0) is 19.9. The summed E-state index contributed by atoms with van der Waals surface area (Å²) < 4.78 is 5.17. The van der Waals surface area contributed by atoms with Crippen LogP contribution in [0.3, 0.4) is 0 Å². The smallest absolute Gasteiger partial charge is 0.289 e. The van der Waals surface area contributed by atoms with E-state index in [0.717, 1.165) is 25.2 Å². The Balaban J connectivity index is 1.52. The van der Waals surface area contributed by atoms with Crippen LogP contribution >= 0.6 is 0 Å². The van der Waals surface area contributed by atoms with E-state index in [4.69, 9.17) is 4.42 Å². The highest BCUT2D eigenvalue weighted by Gasteiger charge is 2.26. The van der Waals surface area contributed by atoms with Crippen molar-refractivity contribution in [2.45, 2.75) is 6.42 Å². The molecule has 150 valence electrons. The SMILES string of the molecule is CN(C)CCCNc1cncc(C(=O)N2CCN(C(=O)c3ccco3)CC2)c1. The van der Waals surface area contributed by atoms with Crippen LogP contribution in [0.2, 0.25) is 0 Å². The van der Waals surface area contributed by atoms with Crippen LogP contribution in [0.25, 0.3) is 0 Å². The van der Waals surface area contributed by atoms with Gasteiger partial charge in [-0.3, -0.25) is 14.6 Å². The van der Waals surface area contributed by atoms with Gasteiger partial charge in [0.05, 0.1) is 17.5 Å². The lowest BCUT2D eigenvalue weighted by Gasteiger charge is -2.34. The molecule has 2 aromatic rings. The van der Waals surface area contributed by atoms with Crippen LogP contribution in [0.5, 0.6) is 0 Å². The quantitative estimate of drug-likeness (QED) is 0.730. The molecule has 1 N–H and O–H groups in total. The van der Waals surface area contributed by atoms with Gasteiger partial charge in [-0.1, -0.05) is 0 Å². The van der Waals surface area contributed by atoms with Gasteiger partial charge in [0.2, 0.25) is 0 Å². The van der Waals surface area contributed by atoms with Crippen LogP contribution in [0.4, 0.5) is 5.69 Å². The van der Waals surface area contributed by atoms with E-state index in [2.05, 4.69) is 15.2 Å². The molecule has 0 aliphatic carbocycles. The monoisotopic (exact) mass is 385 g/mol. The number of nitrogens with one attached hydrogen (secondary N) is 1. The third-order valence-electron chi connectivity index (χ3n) is 4.68. The largest absolute Gasteiger partial charge is 0.459 e. The summed E-state index contributed by atoms with van der Waals surface area (Å²) in [4.78, 5) is 34.9. The first-order chi connectivity index (χ1) is 13.5. The fourth-order valence-electron chi connectivity index (χ4n) is 3.13. The van der Waals surface area contributed by atoms with Crippen LogP contribution in [-0.4, -0.2) is 84.9 Å². The van der Waals surface area contributed by atoms with E-state index in [1.165, 1.54) is 6.26 Å². The van der Waals surface area contributed by atoms with Crippen molar-refractivity contribution in [2.24, 2.45) is 0 Å². The number of aromatic nitrogens is 1. The summed E-state index contributed by atoms with van der Waals surface area (Å²) in [5, 5.41) is 3.31. The standard InChI is InChI=1S/C20H27N5O3/c1-23(2)7-4-6-22-17-13-16(14-21-15-17)19(26)24-8-10-25(11-9-24)20(27)18-5-3-12-28-18/h3,5,12-15,22H,4,6-11H2,1-2H3. The van der Waals surface area contributed by atoms with Crippen molar-refractivity contribution in [1.29, 1.82) is 0 Å². The Kier molecular flexibility index (Phi) is 6.65. The van der Waals surface area contributed by atoms with E-state index in [9.17, 15) is 9.59 Å². The van der Waals surface area contributed by atoms with Gasteiger partial charge >= 0.3 is 0 Å². The molecule has 28 heavy (non-hydrogen) atoms. The Morgan fingerprint density at radius 2 is 1.86 bits per heavy atom. The lowest BCUT2D eigenvalue weighted by atomic mass is 10.2. The van der Waals surface area contributed by atoms with Crippen molar-refractivity contribution in [3.05, 3.63) is 48.2 Å². The molecule has 0 bridgehead atoms. The van der Waals surface area contributed by atoms with Gasteiger partial charge in [0.1, 0.15) is 0 Å². The Labute approximate surface area is 165 Å². The third-order valence-corrected chi connectivity index (χ3v) is 4.68. The topological polar surface area (TPSA) is 81.9 Å². The number of rotatable bonds is 7. The van der Waals surface area contributed by atoms with Crippen molar-refractivity contribution in [1.82, 2.24) is 19.7 Å². The van der Waals surface area contributed by atoms with Crippen molar-refractivity contribution < 1.29 is 14.0 Å². The van der Waals surface area contributed by atoms with Crippen LogP contribution in [0.15, 0.2) is 41.3 Å². The van der Waals surface area contributed by atoms with E-state index in [-0.39, 0.29) is 11.8 Å². The number of piperazine rings is 1. The van der Waals surface area contributed by atoms with E-state index >= 15 is 0 Å². The Morgan fingerprint density at radius 1 is 1.14 bits per heavy atom. The first-order valence-corrected chi connectivity index (χ1v) is 9.50. The maximum Gasteiger partial charge on any atom is 0.289 e. The molecule has 1 fully saturated rings. The summed E-state index contributed by atoms with van der Waals surface area (Å²) in [5.74, 6) is 0.134. The summed E-state index contributed by atoms with van der Waals surface area (Å²) in [6.45, 7) is 3.78. The summed E-state index contributed by atoms with van der Waals surface area (Å²) >= 11 is 0. The number of anilines is 1. The zero-order valence-corrected chi connectivity index (χ0v) is 16.4. The second kappa shape index (κ2) is 9.36. The molecule has 0 unspecified atom stereocenters. The second-order valence-corrected chi connectivity index (χ2v) is 7.11. The van der Waals surface area contributed by atoms with E-state index in [0.29, 0.717) is 37.5 Å². The lowest BCUT2D eigenvalue weighted by molar-refractivity contribution is 0.0518. The maximum absolute atomic E-state index is 12.8. The minimum Gasteiger partial charge on any atom is -0.459 e. The molecule has 3 heterocycles. The highest BCUT2D eigenvalue weighted by molar-refractivity contribution is 5.95. The normalized spacial score (nSPS) is 14.4. The van der Waals surface area contributed by atoms with Gasteiger partial charge in [-0.05, 0) is 45.3 Å². The minimum atomic E-state index is -0.136. The molecule has 8 heteroatoms. The predicted molar refractivity (Wildman–Crippen MR) is 106 cm³/mol. The highest BCUT2D eigenvalue weighted by atomic mass is 16.3. The molecule has 8 nitrogen and oxygen atoms in total. The van der Waals surface area contributed by atoms with E-state index < -0.39 is 0 Å². The maximum atomic E-state index is 12.8. The van der Waals surface area contributed by atoms with Gasteiger partial charge in [-0.15, -0.1) is 0 Å². The Morgan fingerprint density at radius 3 is 2.50 bits per heavy atom. The van der Waals surface area contributed by atoms with Crippen molar-refractivity contribution >= 4 is 17.5 Å². The molecule has 2 aromatic heterocycles. The van der Waals surface area contributed by atoms with Crippen LogP contribution in [0, 0.1) is 0 Å². The number of carbonyl (C=O) groups excluding carboxylic acids is 2. The van der Waals surface area contributed by atoms with Gasteiger partial charge in [0.25, 0.3) is 11.8 Å². The Bertz CT molecular complexity index is 783.